The van der Waals surface area contributed by atoms with Crippen LogP contribution in [0.15, 0.2) is 58.1 Å². The lowest BCUT2D eigenvalue weighted by Gasteiger charge is -2.18. The van der Waals surface area contributed by atoms with E-state index < -0.39 is 11.7 Å². The lowest BCUT2D eigenvalue weighted by Crippen LogP contribution is -2.29. The molecule has 0 fully saturated rings. The van der Waals surface area contributed by atoms with Crippen LogP contribution in [-0.4, -0.2) is 17.9 Å². The normalized spacial score (nSPS) is 11.4. The molecule has 0 aromatic heterocycles. The highest BCUT2D eigenvalue weighted by molar-refractivity contribution is 9.10. The first kappa shape index (κ1) is 19.0. The molecule has 0 saturated heterocycles. The molecule has 0 atom stereocenters. The number of benzene rings is 2. The molecule has 2 aromatic carbocycles. The number of halogens is 1. The summed E-state index contributed by atoms with van der Waals surface area (Å²) in [5, 5.41) is 3.93. The molecule has 0 aliphatic rings. The lowest BCUT2D eigenvalue weighted by molar-refractivity contribution is 0.0529. The summed E-state index contributed by atoms with van der Waals surface area (Å²) in [7, 11) is 0. The Morgan fingerprint density at radius 1 is 1.20 bits per heavy atom. The van der Waals surface area contributed by atoms with Crippen molar-refractivity contribution >= 4 is 28.2 Å². The molecule has 0 unspecified atom stereocenters. The van der Waals surface area contributed by atoms with E-state index in [0.29, 0.717) is 12.4 Å². The monoisotopic (exact) mass is 404 g/mol. The lowest BCUT2D eigenvalue weighted by atomic mass is 10.2. The Morgan fingerprint density at radius 2 is 1.92 bits per heavy atom. The van der Waals surface area contributed by atoms with Gasteiger partial charge in [0.2, 0.25) is 0 Å². The molecule has 0 spiro atoms. The Hall–Kier alpha value is -2.34. The van der Waals surface area contributed by atoms with Gasteiger partial charge in [-0.1, -0.05) is 46.3 Å². The highest BCUT2D eigenvalue weighted by atomic mass is 79.9. The van der Waals surface area contributed by atoms with Crippen LogP contribution in [0.25, 0.3) is 0 Å². The number of rotatable bonds is 5. The number of amides is 1. The number of hydrazone groups is 1. The van der Waals surface area contributed by atoms with Crippen LogP contribution < -0.4 is 10.2 Å². The Balaban J connectivity index is 2.02. The molecule has 132 valence electrons. The summed E-state index contributed by atoms with van der Waals surface area (Å²) in [6, 6.07) is 15.5. The summed E-state index contributed by atoms with van der Waals surface area (Å²) in [4.78, 5) is 11.6. The van der Waals surface area contributed by atoms with E-state index in [1.807, 2.05) is 48.5 Å². The van der Waals surface area contributed by atoms with Crippen molar-refractivity contribution in [3.63, 3.8) is 0 Å². The van der Waals surface area contributed by atoms with E-state index in [1.54, 1.807) is 20.8 Å². The molecule has 5 nitrogen and oxygen atoms in total. The van der Waals surface area contributed by atoms with Gasteiger partial charge in [0.05, 0.1) is 6.21 Å². The van der Waals surface area contributed by atoms with Gasteiger partial charge >= 0.3 is 6.09 Å². The highest BCUT2D eigenvalue weighted by Gasteiger charge is 2.15. The molecule has 0 aliphatic heterocycles. The summed E-state index contributed by atoms with van der Waals surface area (Å²) < 4.78 is 11.9. The van der Waals surface area contributed by atoms with E-state index in [9.17, 15) is 4.79 Å². The van der Waals surface area contributed by atoms with Crippen molar-refractivity contribution in [2.75, 3.05) is 0 Å². The van der Waals surface area contributed by atoms with E-state index in [1.165, 1.54) is 6.21 Å². The maximum atomic E-state index is 11.6. The smallest absolute Gasteiger partial charge is 0.428 e. The molecular weight excluding hydrogens is 384 g/mol. The number of hydrogen-bond acceptors (Lipinski definition) is 4. The Labute approximate surface area is 156 Å². The molecule has 0 bridgehead atoms. The Bertz CT molecular complexity index is 740. The van der Waals surface area contributed by atoms with Gasteiger partial charge in [0.1, 0.15) is 18.0 Å². The van der Waals surface area contributed by atoms with E-state index in [2.05, 4.69) is 26.5 Å². The third kappa shape index (κ3) is 6.97. The second-order valence-electron chi connectivity index (χ2n) is 6.33. The second-order valence-corrected chi connectivity index (χ2v) is 7.24. The minimum Gasteiger partial charge on any atom is -0.488 e. The van der Waals surface area contributed by atoms with E-state index >= 15 is 0 Å². The van der Waals surface area contributed by atoms with Gasteiger partial charge in [-0.05, 0) is 44.5 Å². The molecule has 0 heterocycles. The van der Waals surface area contributed by atoms with Crippen LogP contribution in [0, 0.1) is 0 Å². The number of carbonyl (C=O) groups excluding carboxylic acids is 1. The molecule has 0 aliphatic carbocycles. The fourth-order valence-corrected chi connectivity index (χ4v) is 2.32. The third-order valence-electron chi connectivity index (χ3n) is 2.97. The third-order valence-corrected chi connectivity index (χ3v) is 3.46. The molecule has 2 aromatic rings. The number of hydrogen-bond donors (Lipinski definition) is 1. The summed E-state index contributed by atoms with van der Waals surface area (Å²) in [5.74, 6) is 0.668. The molecule has 1 N–H and O–H groups in total. The van der Waals surface area contributed by atoms with Crippen molar-refractivity contribution in [1.29, 1.82) is 0 Å². The fourth-order valence-electron chi connectivity index (χ4n) is 1.94. The van der Waals surface area contributed by atoms with Crippen LogP contribution in [0.1, 0.15) is 31.9 Å². The Morgan fingerprint density at radius 3 is 2.60 bits per heavy atom. The summed E-state index contributed by atoms with van der Waals surface area (Å²) in [5.41, 5.74) is 3.58. The van der Waals surface area contributed by atoms with E-state index in [0.717, 1.165) is 15.6 Å². The van der Waals surface area contributed by atoms with Gasteiger partial charge in [0, 0.05) is 10.0 Å². The molecule has 6 heteroatoms. The number of nitrogens with one attached hydrogen (secondary N) is 1. The number of nitrogens with zero attached hydrogens (tertiary/aromatic N) is 1. The van der Waals surface area contributed by atoms with E-state index in [4.69, 9.17) is 9.47 Å². The van der Waals surface area contributed by atoms with Gasteiger partial charge in [0.25, 0.3) is 0 Å². The van der Waals surface area contributed by atoms with Crippen LogP contribution >= 0.6 is 15.9 Å². The average molecular weight is 405 g/mol. The molecule has 1 amide bonds. The van der Waals surface area contributed by atoms with Crippen molar-refractivity contribution in [2.24, 2.45) is 5.10 Å². The zero-order valence-corrected chi connectivity index (χ0v) is 16.0. The summed E-state index contributed by atoms with van der Waals surface area (Å²) in [6.45, 7) is 5.82. The standard InChI is InChI=1S/C19H21BrN2O3/c1-19(2,3)25-18(23)22-21-12-15-11-16(20)9-10-17(15)24-13-14-7-5-4-6-8-14/h4-12H,13H2,1-3H3,(H,22,23). The molecular formula is C19H21BrN2O3. The van der Waals surface area contributed by atoms with Crippen molar-refractivity contribution in [2.45, 2.75) is 33.0 Å². The predicted molar refractivity (Wildman–Crippen MR) is 102 cm³/mol. The first-order valence-electron chi connectivity index (χ1n) is 7.82. The van der Waals surface area contributed by atoms with Crippen LogP contribution in [0.4, 0.5) is 4.79 Å². The maximum Gasteiger partial charge on any atom is 0.428 e. The van der Waals surface area contributed by atoms with Crippen molar-refractivity contribution in [3.05, 3.63) is 64.1 Å². The first-order chi connectivity index (χ1) is 11.8. The molecule has 0 saturated carbocycles. The van der Waals surface area contributed by atoms with Gasteiger partial charge in [-0.25, -0.2) is 10.2 Å². The largest absolute Gasteiger partial charge is 0.488 e. The number of carbonyl (C=O) groups is 1. The van der Waals surface area contributed by atoms with Gasteiger partial charge in [0.15, 0.2) is 0 Å². The first-order valence-corrected chi connectivity index (χ1v) is 8.61. The zero-order chi connectivity index (χ0) is 18.3. The molecule has 0 radical (unpaired) electrons. The number of ether oxygens (including phenoxy) is 2. The van der Waals surface area contributed by atoms with Gasteiger partial charge in [-0.2, -0.15) is 5.10 Å². The van der Waals surface area contributed by atoms with Crippen molar-refractivity contribution in [3.8, 4) is 5.75 Å². The summed E-state index contributed by atoms with van der Waals surface area (Å²) in [6.07, 6.45) is 0.917. The molecule has 25 heavy (non-hydrogen) atoms. The minimum atomic E-state index is -0.606. The summed E-state index contributed by atoms with van der Waals surface area (Å²) >= 11 is 3.42. The van der Waals surface area contributed by atoms with Crippen LogP contribution in [0.2, 0.25) is 0 Å². The van der Waals surface area contributed by atoms with Crippen molar-refractivity contribution in [1.82, 2.24) is 5.43 Å². The Kier molecular flexibility index (Phi) is 6.58. The quantitative estimate of drug-likeness (QED) is 0.570. The van der Waals surface area contributed by atoms with Gasteiger partial charge in [-0.15, -0.1) is 0 Å². The van der Waals surface area contributed by atoms with Gasteiger partial charge < -0.3 is 9.47 Å². The maximum absolute atomic E-state index is 11.6. The molecule has 2 rings (SSSR count). The highest BCUT2D eigenvalue weighted by Crippen LogP contribution is 2.22. The second kappa shape index (κ2) is 8.67. The fraction of sp³-hybridized carbons (Fsp3) is 0.263. The average Bonchev–Trinajstić information content (AvgIpc) is 2.53. The van der Waals surface area contributed by atoms with Crippen LogP contribution in [-0.2, 0) is 11.3 Å². The van der Waals surface area contributed by atoms with E-state index in [-0.39, 0.29) is 0 Å². The van der Waals surface area contributed by atoms with Crippen molar-refractivity contribution < 1.29 is 14.3 Å². The zero-order valence-electron chi connectivity index (χ0n) is 14.5. The van der Waals surface area contributed by atoms with Crippen LogP contribution in [0.3, 0.4) is 0 Å². The topological polar surface area (TPSA) is 59.9 Å². The SMILES string of the molecule is CC(C)(C)OC(=O)NN=Cc1cc(Br)ccc1OCc1ccccc1. The van der Waals surface area contributed by atoms with Crippen LogP contribution in [0.5, 0.6) is 5.75 Å². The minimum absolute atomic E-state index is 0.447. The van der Waals surface area contributed by atoms with Gasteiger partial charge in [-0.3, -0.25) is 0 Å². The predicted octanol–water partition coefficient (Wildman–Crippen LogP) is 4.89.